The summed E-state index contributed by atoms with van der Waals surface area (Å²) in [7, 11) is -3.66. The van der Waals surface area contributed by atoms with Gasteiger partial charge in [-0.15, -0.1) is 0 Å². The van der Waals surface area contributed by atoms with Crippen molar-refractivity contribution in [1.82, 2.24) is 15.0 Å². The van der Waals surface area contributed by atoms with Crippen molar-refractivity contribution >= 4 is 10.0 Å². The van der Waals surface area contributed by atoms with Crippen LogP contribution in [-0.4, -0.2) is 32.6 Å². The Bertz CT molecular complexity index is 709. The highest BCUT2D eigenvalue weighted by molar-refractivity contribution is 7.89. The minimum absolute atomic E-state index is 0.0876. The van der Waals surface area contributed by atoms with Gasteiger partial charge in [0.1, 0.15) is 11.9 Å². The summed E-state index contributed by atoms with van der Waals surface area (Å²) in [6.45, 7) is 1.82. The van der Waals surface area contributed by atoms with E-state index in [4.69, 9.17) is 9.15 Å². The molecular formula is C14H17N3O4S. The van der Waals surface area contributed by atoms with Crippen LogP contribution in [0.4, 0.5) is 0 Å². The number of aromatic nitrogens is 1. The average molecular weight is 323 g/mol. The fraction of sp³-hybridized carbons (Fsp3) is 0.357. The summed E-state index contributed by atoms with van der Waals surface area (Å²) in [4.78, 5) is 4.04. The van der Waals surface area contributed by atoms with E-state index in [2.05, 4.69) is 15.0 Å². The molecule has 0 bridgehead atoms. The van der Waals surface area contributed by atoms with Gasteiger partial charge in [-0.1, -0.05) is 0 Å². The number of hydrogen-bond acceptors (Lipinski definition) is 6. The van der Waals surface area contributed by atoms with Crippen LogP contribution in [0.3, 0.4) is 0 Å². The van der Waals surface area contributed by atoms with Crippen LogP contribution in [0.25, 0.3) is 0 Å². The number of pyridine rings is 1. The van der Waals surface area contributed by atoms with Crippen molar-refractivity contribution < 1.29 is 17.6 Å². The molecule has 1 atom stereocenters. The van der Waals surface area contributed by atoms with Crippen LogP contribution in [0.15, 0.2) is 46.4 Å². The minimum atomic E-state index is -3.66. The molecular weight excluding hydrogens is 306 g/mol. The van der Waals surface area contributed by atoms with Crippen molar-refractivity contribution in [2.75, 3.05) is 13.1 Å². The summed E-state index contributed by atoms with van der Waals surface area (Å²) in [5.74, 6) is 0.596. The Labute approximate surface area is 128 Å². The van der Waals surface area contributed by atoms with Crippen LogP contribution >= 0.6 is 0 Å². The van der Waals surface area contributed by atoms with Crippen LogP contribution in [0.5, 0.6) is 5.75 Å². The first kappa shape index (κ1) is 15.0. The van der Waals surface area contributed by atoms with Gasteiger partial charge in [0.2, 0.25) is 5.09 Å². The molecule has 0 aliphatic carbocycles. The van der Waals surface area contributed by atoms with Crippen molar-refractivity contribution in [3.05, 3.63) is 42.4 Å². The van der Waals surface area contributed by atoms with Gasteiger partial charge in [-0.05, 0) is 31.2 Å². The third-order valence-corrected chi connectivity index (χ3v) is 4.68. The first-order chi connectivity index (χ1) is 10.6. The number of furan rings is 1. The van der Waals surface area contributed by atoms with Crippen molar-refractivity contribution in [3.8, 4) is 5.75 Å². The Morgan fingerprint density at radius 3 is 3.09 bits per heavy atom. The summed E-state index contributed by atoms with van der Waals surface area (Å²) in [6.07, 6.45) is 5.55. The van der Waals surface area contributed by atoms with E-state index in [1.807, 2.05) is 0 Å². The first-order valence-electron chi connectivity index (χ1n) is 6.98. The van der Waals surface area contributed by atoms with Gasteiger partial charge in [0.05, 0.1) is 12.5 Å². The second-order valence-corrected chi connectivity index (χ2v) is 6.67. The zero-order valence-electron chi connectivity index (χ0n) is 11.9. The van der Waals surface area contributed by atoms with Crippen LogP contribution in [0, 0.1) is 0 Å². The van der Waals surface area contributed by atoms with E-state index in [1.54, 1.807) is 18.5 Å². The zero-order valence-corrected chi connectivity index (χ0v) is 12.7. The third kappa shape index (κ3) is 3.46. The normalized spacial score (nSPS) is 18.5. The molecule has 3 heterocycles. The smallest absolute Gasteiger partial charge is 0.274 e. The van der Waals surface area contributed by atoms with Gasteiger partial charge in [-0.25, -0.2) is 13.1 Å². The van der Waals surface area contributed by atoms with E-state index in [-0.39, 0.29) is 17.7 Å². The van der Waals surface area contributed by atoms with Crippen molar-refractivity contribution in [2.45, 2.75) is 24.2 Å². The van der Waals surface area contributed by atoms with Crippen LogP contribution in [-0.2, 0) is 16.6 Å². The summed E-state index contributed by atoms with van der Waals surface area (Å²) in [6, 6.07) is 4.67. The highest BCUT2D eigenvalue weighted by Crippen LogP contribution is 2.20. The van der Waals surface area contributed by atoms with Gasteiger partial charge >= 0.3 is 0 Å². The van der Waals surface area contributed by atoms with Crippen LogP contribution in [0.2, 0.25) is 0 Å². The first-order valence-corrected chi connectivity index (χ1v) is 8.47. The van der Waals surface area contributed by atoms with Crippen molar-refractivity contribution in [3.63, 3.8) is 0 Å². The number of rotatable bonds is 6. The predicted molar refractivity (Wildman–Crippen MR) is 78.9 cm³/mol. The van der Waals surface area contributed by atoms with Gasteiger partial charge in [-0.3, -0.25) is 4.98 Å². The summed E-state index contributed by atoms with van der Waals surface area (Å²) in [5.41, 5.74) is 0.733. The molecule has 22 heavy (non-hydrogen) atoms. The summed E-state index contributed by atoms with van der Waals surface area (Å²) < 4.78 is 37.4. The molecule has 0 aromatic carbocycles. The molecule has 3 rings (SSSR count). The SMILES string of the molecule is O=S(=O)(NCc1ccncc1O[C@H]1CCNC1)c1ccco1. The molecule has 0 amide bonds. The van der Waals surface area contributed by atoms with Crippen LogP contribution < -0.4 is 14.8 Å². The van der Waals surface area contributed by atoms with E-state index in [0.717, 1.165) is 25.1 Å². The highest BCUT2D eigenvalue weighted by atomic mass is 32.2. The molecule has 2 aromatic heterocycles. The van der Waals surface area contributed by atoms with E-state index in [9.17, 15) is 8.42 Å². The fourth-order valence-electron chi connectivity index (χ4n) is 2.23. The van der Waals surface area contributed by atoms with Gasteiger partial charge in [0, 0.05) is 24.8 Å². The number of nitrogens with one attached hydrogen (secondary N) is 2. The maximum absolute atomic E-state index is 12.1. The Balaban J connectivity index is 1.70. The lowest BCUT2D eigenvalue weighted by Gasteiger charge is -2.15. The second-order valence-electron chi connectivity index (χ2n) is 4.97. The van der Waals surface area contributed by atoms with Crippen molar-refractivity contribution in [1.29, 1.82) is 0 Å². The highest BCUT2D eigenvalue weighted by Gasteiger charge is 2.20. The molecule has 1 saturated heterocycles. The minimum Gasteiger partial charge on any atom is -0.487 e. The fourth-order valence-corrected chi connectivity index (χ4v) is 3.16. The number of ether oxygens (including phenoxy) is 1. The van der Waals surface area contributed by atoms with Gasteiger partial charge in [-0.2, -0.15) is 0 Å². The summed E-state index contributed by atoms with van der Waals surface area (Å²) in [5, 5.41) is 3.11. The topological polar surface area (TPSA) is 93.5 Å². The molecule has 1 aliphatic heterocycles. The maximum Gasteiger partial charge on any atom is 0.274 e. The molecule has 0 saturated carbocycles. The molecule has 8 heteroatoms. The standard InChI is InChI=1S/C14H17N3O4S/c18-22(19,14-2-1-7-20-14)17-8-11-3-5-16-10-13(11)21-12-4-6-15-9-12/h1-3,5,7,10,12,15,17H,4,6,8-9H2/t12-/m0/s1. The Hall–Kier alpha value is -1.90. The van der Waals surface area contributed by atoms with Crippen LogP contribution in [0.1, 0.15) is 12.0 Å². The average Bonchev–Trinajstić information content (AvgIpc) is 3.20. The quantitative estimate of drug-likeness (QED) is 0.820. The van der Waals surface area contributed by atoms with Crippen molar-refractivity contribution in [2.24, 2.45) is 0 Å². The molecule has 2 aromatic rings. The van der Waals surface area contributed by atoms with Gasteiger partial charge < -0.3 is 14.5 Å². The van der Waals surface area contributed by atoms with Gasteiger partial charge in [0.15, 0.2) is 0 Å². The Morgan fingerprint density at radius 1 is 1.45 bits per heavy atom. The molecule has 1 aliphatic rings. The molecule has 1 fully saturated rings. The Kier molecular flexibility index (Phi) is 4.41. The summed E-state index contributed by atoms with van der Waals surface area (Å²) >= 11 is 0. The lowest BCUT2D eigenvalue weighted by atomic mass is 10.2. The molecule has 7 nitrogen and oxygen atoms in total. The zero-order chi connectivity index (χ0) is 15.4. The predicted octanol–water partition coefficient (Wildman–Crippen LogP) is 0.894. The monoisotopic (exact) mass is 323 g/mol. The molecule has 0 radical (unpaired) electrons. The van der Waals surface area contributed by atoms with Gasteiger partial charge in [0.25, 0.3) is 10.0 Å². The maximum atomic E-state index is 12.1. The molecule has 0 unspecified atom stereocenters. The number of sulfonamides is 1. The Morgan fingerprint density at radius 2 is 2.36 bits per heavy atom. The second kappa shape index (κ2) is 6.47. The molecule has 2 N–H and O–H groups in total. The third-order valence-electron chi connectivity index (χ3n) is 3.39. The number of hydrogen-bond donors (Lipinski definition) is 2. The molecule has 118 valence electrons. The lowest BCUT2D eigenvalue weighted by molar-refractivity contribution is 0.220. The van der Waals surface area contributed by atoms with E-state index < -0.39 is 10.0 Å². The van der Waals surface area contributed by atoms with E-state index >= 15 is 0 Å². The van der Waals surface area contributed by atoms with E-state index in [1.165, 1.54) is 18.4 Å². The van der Waals surface area contributed by atoms with E-state index in [0.29, 0.717) is 5.75 Å². The number of nitrogens with zero attached hydrogens (tertiary/aromatic N) is 1. The molecule has 0 spiro atoms. The lowest BCUT2D eigenvalue weighted by Crippen LogP contribution is -2.24. The largest absolute Gasteiger partial charge is 0.487 e.